The zero-order chi connectivity index (χ0) is 15.2. The number of anilines is 2. The molecule has 1 atom stereocenters. The maximum absolute atomic E-state index is 5.26. The van der Waals surface area contributed by atoms with Crippen molar-refractivity contribution < 1.29 is 4.74 Å². The number of aromatic nitrogens is 2. The Bertz CT molecular complexity index is 587. The van der Waals surface area contributed by atoms with Gasteiger partial charge in [-0.15, -0.1) is 0 Å². The third kappa shape index (κ3) is 3.42. The lowest BCUT2D eigenvalue weighted by Gasteiger charge is -2.30. The van der Waals surface area contributed by atoms with Crippen molar-refractivity contribution in [3.63, 3.8) is 0 Å². The summed E-state index contributed by atoms with van der Waals surface area (Å²) in [5, 5.41) is 4.12. The molecule has 0 fully saturated rings. The van der Waals surface area contributed by atoms with Crippen LogP contribution in [0, 0.1) is 0 Å². The molecule has 2 aromatic rings. The second-order valence-electron chi connectivity index (χ2n) is 5.08. The maximum Gasteiger partial charge on any atom is 0.224 e. The Kier molecular flexibility index (Phi) is 5.33. The largest absolute Gasteiger partial charge is 0.383 e. The molecule has 0 radical (unpaired) electrons. The van der Waals surface area contributed by atoms with Crippen molar-refractivity contribution in [3.05, 3.63) is 24.3 Å². The van der Waals surface area contributed by atoms with Crippen molar-refractivity contribution in [3.8, 4) is 0 Å². The van der Waals surface area contributed by atoms with Crippen LogP contribution in [0.25, 0.3) is 10.9 Å². The van der Waals surface area contributed by atoms with Crippen LogP contribution < -0.4 is 10.2 Å². The van der Waals surface area contributed by atoms with Gasteiger partial charge in [-0.25, -0.2) is 4.98 Å². The first kappa shape index (κ1) is 15.5. The van der Waals surface area contributed by atoms with Crippen molar-refractivity contribution in [2.24, 2.45) is 0 Å². The van der Waals surface area contributed by atoms with Crippen LogP contribution in [0.3, 0.4) is 0 Å². The van der Waals surface area contributed by atoms with Crippen LogP contribution in [0.4, 0.5) is 11.8 Å². The summed E-state index contributed by atoms with van der Waals surface area (Å²) in [4.78, 5) is 11.5. The molecule has 1 aromatic heterocycles. The molecular formula is C16H24N4O. The Labute approximate surface area is 126 Å². The van der Waals surface area contributed by atoms with Crippen LogP contribution in [-0.4, -0.2) is 43.3 Å². The lowest BCUT2D eigenvalue weighted by atomic mass is 10.1. The lowest BCUT2D eigenvalue weighted by Crippen LogP contribution is -2.36. The average molecular weight is 288 g/mol. The van der Waals surface area contributed by atoms with Crippen molar-refractivity contribution >= 4 is 22.7 Å². The molecule has 0 aliphatic heterocycles. The number of ether oxygens (including phenoxy) is 1. The number of hydrogen-bond acceptors (Lipinski definition) is 5. The van der Waals surface area contributed by atoms with Gasteiger partial charge < -0.3 is 15.0 Å². The second kappa shape index (κ2) is 7.22. The molecule has 2 rings (SSSR count). The fraction of sp³-hybridized carbons (Fsp3) is 0.500. The standard InChI is InChI=1S/C16H24N4O/c1-5-12(2)20(10-11-21-4)15-13-8-6-7-9-14(13)18-16(17-3)19-15/h6-9,12H,5,10-11H2,1-4H3,(H,17,18,19). The number of hydrogen-bond donors (Lipinski definition) is 1. The minimum absolute atomic E-state index is 0.392. The average Bonchev–Trinajstić information content (AvgIpc) is 2.54. The molecule has 1 unspecified atom stereocenters. The number of methoxy groups -OCH3 is 1. The Balaban J connectivity index is 2.53. The Morgan fingerprint density at radius 3 is 2.71 bits per heavy atom. The zero-order valence-electron chi connectivity index (χ0n) is 13.3. The summed E-state index contributed by atoms with van der Waals surface area (Å²) >= 11 is 0. The third-order valence-electron chi connectivity index (χ3n) is 3.74. The van der Waals surface area contributed by atoms with Gasteiger partial charge in [0.05, 0.1) is 12.1 Å². The molecule has 0 bridgehead atoms. The van der Waals surface area contributed by atoms with Crippen molar-refractivity contribution in [1.82, 2.24) is 9.97 Å². The predicted molar refractivity (Wildman–Crippen MR) is 88.1 cm³/mol. The van der Waals surface area contributed by atoms with Gasteiger partial charge in [-0.3, -0.25) is 0 Å². The van der Waals surface area contributed by atoms with Gasteiger partial charge in [-0.2, -0.15) is 4.98 Å². The molecule has 1 aromatic carbocycles. The zero-order valence-corrected chi connectivity index (χ0v) is 13.3. The normalized spacial score (nSPS) is 12.4. The molecule has 0 amide bonds. The molecule has 0 aliphatic carbocycles. The van der Waals surface area contributed by atoms with E-state index in [4.69, 9.17) is 4.74 Å². The maximum atomic E-state index is 5.26. The van der Waals surface area contributed by atoms with E-state index in [0.29, 0.717) is 18.6 Å². The van der Waals surface area contributed by atoms with Gasteiger partial charge in [0, 0.05) is 32.1 Å². The van der Waals surface area contributed by atoms with E-state index >= 15 is 0 Å². The summed E-state index contributed by atoms with van der Waals surface area (Å²) in [7, 11) is 3.57. The molecule has 5 heteroatoms. The topological polar surface area (TPSA) is 50.3 Å². The highest BCUT2D eigenvalue weighted by Gasteiger charge is 2.18. The van der Waals surface area contributed by atoms with Crippen molar-refractivity contribution in [2.75, 3.05) is 37.5 Å². The predicted octanol–water partition coefficient (Wildman–Crippen LogP) is 2.92. The van der Waals surface area contributed by atoms with E-state index in [9.17, 15) is 0 Å². The molecule has 0 saturated carbocycles. The fourth-order valence-electron chi connectivity index (χ4n) is 2.34. The molecule has 1 N–H and O–H groups in total. The first-order valence-corrected chi connectivity index (χ1v) is 7.41. The van der Waals surface area contributed by atoms with E-state index in [1.54, 1.807) is 7.11 Å². The van der Waals surface area contributed by atoms with E-state index in [0.717, 1.165) is 29.7 Å². The van der Waals surface area contributed by atoms with E-state index in [1.165, 1.54) is 0 Å². The van der Waals surface area contributed by atoms with Gasteiger partial charge in [-0.05, 0) is 25.5 Å². The summed E-state index contributed by atoms with van der Waals surface area (Å²) < 4.78 is 5.26. The fourth-order valence-corrected chi connectivity index (χ4v) is 2.34. The Morgan fingerprint density at radius 2 is 2.05 bits per heavy atom. The molecule has 0 spiro atoms. The smallest absolute Gasteiger partial charge is 0.224 e. The molecule has 21 heavy (non-hydrogen) atoms. The monoisotopic (exact) mass is 288 g/mol. The summed E-state index contributed by atoms with van der Waals surface area (Å²) in [6.07, 6.45) is 1.05. The number of benzene rings is 1. The molecule has 1 heterocycles. The highest BCUT2D eigenvalue weighted by Crippen LogP contribution is 2.27. The number of rotatable bonds is 7. The second-order valence-corrected chi connectivity index (χ2v) is 5.08. The van der Waals surface area contributed by atoms with Gasteiger partial charge in [0.25, 0.3) is 0 Å². The van der Waals surface area contributed by atoms with Gasteiger partial charge in [0.1, 0.15) is 5.82 Å². The number of nitrogens with one attached hydrogen (secondary N) is 1. The summed E-state index contributed by atoms with van der Waals surface area (Å²) in [5.41, 5.74) is 0.956. The minimum Gasteiger partial charge on any atom is -0.383 e. The van der Waals surface area contributed by atoms with Gasteiger partial charge in [-0.1, -0.05) is 19.1 Å². The first-order chi connectivity index (χ1) is 10.2. The van der Waals surface area contributed by atoms with Crippen molar-refractivity contribution in [2.45, 2.75) is 26.3 Å². The Morgan fingerprint density at radius 1 is 1.29 bits per heavy atom. The van der Waals surface area contributed by atoms with Crippen molar-refractivity contribution in [1.29, 1.82) is 0 Å². The van der Waals surface area contributed by atoms with Crippen LogP contribution in [0.15, 0.2) is 24.3 Å². The van der Waals surface area contributed by atoms with Crippen LogP contribution in [0.2, 0.25) is 0 Å². The van der Waals surface area contributed by atoms with Crippen LogP contribution in [0.5, 0.6) is 0 Å². The lowest BCUT2D eigenvalue weighted by molar-refractivity contribution is 0.203. The van der Waals surface area contributed by atoms with E-state index in [1.807, 2.05) is 25.2 Å². The van der Waals surface area contributed by atoms with Crippen LogP contribution >= 0.6 is 0 Å². The summed E-state index contributed by atoms with van der Waals surface area (Å²) in [6, 6.07) is 8.52. The number of para-hydroxylation sites is 1. The summed E-state index contributed by atoms with van der Waals surface area (Å²) in [5.74, 6) is 1.62. The Hall–Kier alpha value is -1.88. The SMILES string of the molecule is CCC(C)N(CCOC)c1nc(NC)nc2ccccc12. The molecular weight excluding hydrogens is 264 g/mol. The molecule has 0 aliphatic rings. The van der Waals surface area contributed by atoms with Gasteiger partial charge in [0.15, 0.2) is 0 Å². The van der Waals surface area contributed by atoms with Gasteiger partial charge in [0.2, 0.25) is 5.95 Å². The first-order valence-electron chi connectivity index (χ1n) is 7.41. The summed E-state index contributed by atoms with van der Waals surface area (Å²) in [6.45, 7) is 5.89. The van der Waals surface area contributed by atoms with E-state index in [2.05, 4.69) is 40.1 Å². The number of nitrogens with zero attached hydrogens (tertiary/aromatic N) is 3. The highest BCUT2D eigenvalue weighted by atomic mass is 16.5. The van der Waals surface area contributed by atoms with Crippen LogP contribution in [-0.2, 0) is 4.74 Å². The molecule has 0 saturated heterocycles. The van der Waals surface area contributed by atoms with E-state index < -0.39 is 0 Å². The minimum atomic E-state index is 0.392. The van der Waals surface area contributed by atoms with E-state index in [-0.39, 0.29) is 0 Å². The highest BCUT2D eigenvalue weighted by molar-refractivity contribution is 5.90. The molecule has 5 nitrogen and oxygen atoms in total. The molecule has 114 valence electrons. The quantitative estimate of drug-likeness (QED) is 0.849. The number of fused-ring (bicyclic) bond motifs is 1. The third-order valence-corrected chi connectivity index (χ3v) is 3.74. The van der Waals surface area contributed by atoms with Gasteiger partial charge >= 0.3 is 0 Å². The van der Waals surface area contributed by atoms with Crippen LogP contribution in [0.1, 0.15) is 20.3 Å².